The number of halogens is 1. The van der Waals surface area contributed by atoms with E-state index in [4.69, 9.17) is 11.6 Å². The van der Waals surface area contributed by atoms with Crippen LogP contribution in [-0.4, -0.2) is 12.1 Å². The lowest BCUT2D eigenvalue weighted by Gasteiger charge is -2.09. The quantitative estimate of drug-likeness (QED) is 0.747. The van der Waals surface area contributed by atoms with Gasteiger partial charge in [-0.05, 0) is 42.9 Å². The van der Waals surface area contributed by atoms with Gasteiger partial charge in [0.1, 0.15) is 0 Å². The van der Waals surface area contributed by atoms with Crippen LogP contribution in [0.25, 0.3) is 0 Å². The molecule has 1 aliphatic heterocycles. The van der Waals surface area contributed by atoms with E-state index in [0.717, 1.165) is 11.6 Å². The van der Waals surface area contributed by atoms with Gasteiger partial charge >= 0.3 is 0 Å². The fraction of sp³-hybridized carbons (Fsp3) is 0.500. The third-order valence-corrected chi connectivity index (χ3v) is 3.81. The second-order valence-electron chi connectivity index (χ2n) is 4.61. The Morgan fingerprint density at radius 1 is 1.21 bits per heavy atom. The molecule has 1 spiro atoms. The molecule has 1 aromatic carbocycles. The fourth-order valence-corrected chi connectivity index (χ4v) is 2.58. The van der Waals surface area contributed by atoms with E-state index in [-0.39, 0.29) is 0 Å². The molecule has 14 heavy (non-hydrogen) atoms. The van der Waals surface area contributed by atoms with Crippen LogP contribution in [0.5, 0.6) is 0 Å². The number of rotatable bonds is 1. The first kappa shape index (κ1) is 8.75. The SMILES string of the molecule is Clc1ccc(C2CNC3(CC3)C2)cc1. The molecular weight excluding hydrogens is 194 g/mol. The third-order valence-electron chi connectivity index (χ3n) is 3.56. The molecule has 2 heteroatoms. The van der Waals surface area contributed by atoms with E-state index >= 15 is 0 Å². The zero-order chi connectivity index (χ0) is 9.60. The molecular formula is C12H14ClN. The highest BCUT2D eigenvalue weighted by atomic mass is 35.5. The summed E-state index contributed by atoms with van der Waals surface area (Å²) in [6.07, 6.45) is 4.06. The molecule has 0 bridgehead atoms. The Morgan fingerprint density at radius 2 is 1.93 bits per heavy atom. The monoisotopic (exact) mass is 207 g/mol. The highest BCUT2D eigenvalue weighted by Gasteiger charge is 2.48. The highest BCUT2D eigenvalue weighted by Crippen LogP contribution is 2.47. The summed E-state index contributed by atoms with van der Waals surface area (Å²) in [6.45, 7) is 1.14. The maximum atomic E-state index is 5.87. The summed E-state index contributed by atoms with van der Waals surface area (Å²) in [5.41, 5.74) is 1.97. The van der Waals surface area contributed by atoms with Crippen LogP contribution in [0.3, 0.4) is 0 Å². The molecule has 1 aliphatic carbocycles. The smallest absolute Gasteiger partial charge is 0.0406 e. The average molecular weight is 208 g/mol. The third kappa shape index (κ3) is 1.45. The summed E-state index contributed by atoms with van der Waals surface area (Å²) in [5, 5.41) is 4.47. The summed E-state index contributed by atoms with van der Waals surface area (Å²) in [5.74, 6) is 0.703. The van der Waals surface area contributed by atoms with Gasteiger partial charge in [-0.15, -0.1) is 0 Å². The van der Waals surface area contributed by atoms with E-state index in [1.807, 2.05) is 12.1 Å². The van der Waals surface area contributed by atoms with Crippen LogP contribution >= 0.6 is 11.6 Å². The molecule has 0 aromatic heterocycles. The normalized spacial score (nSPS) is 28.2. The van der Waals surface area contributed by atoms with Crippen molar-refractivity contribution in [2.45, 2.75) is 30.7 Å². The molecule has 0 radical (unpaired) electrons. The number of hydrogen-bond donors (Lipinski definition) is 1. The van der Waals surface area contributed by atoms with Crippen molar-refractivity contribution in [3.05, 3.63) is 34.9 Å². The lowest BCUT2D eigenvalue weighted by molar-refractivity contribution is 0.595. The van der Waals surface area contributed by atoms with Crippen molar-refractivity contribution in [1.82, 2.24) is 5.32 Å². The fourth-order valence-electron chi connectivity index (χ4n) is 2.46. The van der Waals surface area contributed by atoms with Crippen molar-refractivity contribution in [2.24, 2.45) is 0 Å². The summed E-state index contributed by atoms with van der Waals surface area (Å²) in [7, 11) is 0. The molecule has 1 N–H and O–H groups in total. The largest absolute Gasteiger partial charge is 0.311 e. The lowest BCUT2D eigenvalue weighted by Crippen LogP contribution is -2.22. The zero-order valence-corrected chi connectivity index (χ0v) is 8.85. The Kier molecular flexibility index (Phi) is 1.86. The van der Waals surface area contributed by atoms with Gasteiger partial charge in [0, 0.05) is 17.1 Å². The van der Waals surface area contributed by atoms with E-state index in [2.05, 4.69) is 17.4 Å². The molecule has 2 aliphatic rings. The van der Waals surface area contributed by atoms with Gasteiger partial charge in [0.05, 0.1) is 0 Å². The van der Waals surface area contributed by atoms with E-state index in [9.17, 15) is 0 Å². The van der Waals surface area contributed by atoms with Gasteiger partial charge in [-0.1, -0.05) is 23.7 Å². The van der Waals surface area contributed by atoms with E-state index in [1.54, 1.807) is 0 Å². The minimum atomic E-state index is 0.532. The second-order valence-corrected chi connectivity index (χ2v) is 5.05. The molecule has 1 heterocycles. The van der Waals surface area contributed by atoms with Crippen LogP contribution in [0.1, 0.15) is 30.7 Å². The van der Waals surface area contributed by atoms with Gasteiger partial charge in [0.2, 0.25) is 0 Å². The Hall–Kier alpha value is -0.530. The van der Waals surface area contributed by atoms with Crippen LogP contribution in [0.4, 0.5) is 0 Å². The predicted octanol–water partition coefficient (Wildman–Crippen LogP) is 2.95. The van der Waals surface area contributed by atoms with Gasteiger partial charge in [-0.2, -0.15) is 0 Å². The standard InChI is InChI=1S/C12H14ClN/c13-11-3-1-9(2-4-11)10-7-12(5-6-12)14-8-10/h1-4,10,14H,5-8H2. The summed E-state index contributed by atoms with van der Waals surface area (Å²) in [6, 6.07) is 8.32. The molecule has 2 fully saturated rings. The molecule has 1 unspecified atom stereocenters. The van der Waals surface area contributed by atoms with Gasteiger partial charge in [-0.25, -0.2) is 0 Å². The molecule has 1 saturated heterocycles. The van der Waals surface area contributed by atoms with Crippen molar-refractivity contribution in [1.29, 1.82) is 0 Å². The molecule has 1 atom stereocenters. The first-order valence-electron chi connectivity index (χ1n) is 5.28. The molecule has 74 valence electrons. The van der Waals surface area contributed by atoms with E-state index in [0.29, 0.717) is 11.5 Å². The Morgan fingerprint density at radius 3 is 2.50 bits per heavy atom. The first-order valence-corrected chi connectivity index (χ1v) is 5.66. The Balaban J connectivity index is 1.79. The molecule has 3 rings (SSSR count). The van der Waals surface area contributed by atoms with E-state index in [1.165, 1.54) is 24.8 Å². The van der Waals surface area contributed by atoms with Crippen molar-refractivity contribution < 1.29 is 0 Å². The molecule has 0 amide bonds. The van der Waals surface area contributed by atoms with E-state index < -0.39 is 0 Å². The number of benzene rings is 1. The maximum absolute atomic E-state index is 5.87. The topological polar surface area (TPSA) is 12.0 Å². The van der Waals surface area contributed by atoms with Gasteiger partial charge in [0.25, 0.3) is 0 Å². The van der Waals surface area contributed by atoms with Gasteiger partial charge in [-0.3, -0.25) is 0 Å². The minimum absolute atomic E-state index is 0.532. The summed E-state index contributed by atoms with van der Waals surface area (Å²) >= 11 is 5.87. The Bertz CT molecular complexity index is 340. The zero-order valence-electron chi connectivity index (χ0n) is 8.09. The summed E-state index contributed by atoms with van der Waals surface area (Å²) < 4.78 is 0. The first-order chi connectivity index (χ1) is 6.77. The van der Waals surface area contributed by atoms with Crippen LogP contribution in [0.15, 0.2) is 24.3 Å². The second kappa shape index (κ2) is 2.98. The summed E-state index contributed by atoms with van der Waals surface area (Å²) in [4.78, 5) is 0. The van der Waals surface area contributed by atoms with Crippen molar-refractivity contribution in [3.63, 3.8) is 0 Å². The van der Waals surface area contributed by atoms with Crippen molar-refractivity contribution in [3.8, 4) is 0 Å². The van der Waals surface area contributed by atoms with Crippen LogP contribution in [0.2, 0.25) is 5.02 Å². The molecule has 1 aromatic rings. The van der Waals surface area contributed by atoms with Crippen molar-refractivity contribution >= 4 is 11.6 Å². The number of nitrogens with one attached hydrogen (secondary N) is 1. The molecule has 1 nitrogen and oxygen atoms in total. The van der Waals surface area contributed by atoms with Crippen LogP contribution < -0.4 is 5.32 Å². The Labute approximate surface area is 89.5 Å². The predicted molar refractivity (Wildman–Crippen MR) is 58.8 cm³/mol. The number of hydrogen-bond acceptors (Lipinski definition) is 1. The van der Waals surface area contributed by atoms with Gasteiger partial charge < -0.3 is 5.32 Å². The van der Waals surface area contributed by atoms with Crippen LogP contribution in [0, 0.1) is 0 Å². The van der Waals surface area contributed by atoms with Crippen LogP contribution in [-0.2, 0) is 0 Å². The maximum Gasteiger partial charge on any atom is 0.0406 e. The average Bonchev–Trinajstić information content (AvgIpc) is 2.79. The van der Waals surface area contributed by atoms with Gasteiger partial charge in [0.15, 0.2) is 0 Å². The molecule has 1 saturated carbocycles. The van der Waals surface area contributed by atoms with Crippen molar-refractivity contribution in [2.75, 3.05) is 6.54 Å². The highest BCUT2D eigenvalue weighted by molar-refractivity contribution is 6.30. The minimum Gasteiger partial charge on any atom is -0.311 e. The lowest BCUT2D eigenvalue weighted by atomic mass is 9.96.